The first kappa shape index (κ1) is 12.7. The van der Waals surface area contributed by atoms with Gasteiger partial charge in [0.1, 0.15) is 5.76 Å². The Morgan fingerprint density at radius 2 is 2.00 bits per heavy atom. The molecule has 0 amide bonds. The van der Waals surface area contributed by atoms with Crippen LogP contribution in [0.2, 0.25) is 0 Å². The van der Waals surface area contributed by atoms with E-state index in [2.05, 4.69) is 54.6 Å². The molecule has 1 heterocycles. The maximum Gasteiger partial charge on any atom is 0.122 e. The van der Waals surface area contributed by atoms with Crippen LogP contribution >= 0.6 is 0 Å². The van der Waals surface area contributed by atoms with Crippen LogP contribution in [0.3, 0.4) is 0 Å². The van der Waals surface area contributed by atoms with E-state index in [1.54, 1.807) is 0 Å². The fourth-order valence-electron chi connectivity index (χ4n) is 3.55. The third kappa shape index (κ3) is 2.37. The van der Waals surface area contributed by atoms with Gasteiger partial charge in [0.15, 0.2) is 0 Å². The predicted octanol–water partition coefficient (Wildman–Crippen LogP) is 5.14. The molecule has 1 atom stereocenters. The van der Waals surface area contributed by atoms with Crippen LogP contribution in [0.1, 0.15) is 42.7 Å². The second-order valence-electron chi connectivity index (χ2n) is 5.98. The van der Waals surface area contributed by atoms with Crippen LogP contribution in [0, 0.1) is 0 Å². The summed E-state index contributed by atoms with van der Waals surface area (Å²) in [7, 11) is 0. The molecule has 21 heavy (non-hydrogen) atoms. The van der Waals surface area contributed by atoms with Crippen LogP contribution in [-0.2, 0) is 4.74 Å². The minimum atomic E-state index is 0.562. The van der Waals surface area contributed by atoms with E-state index in [4.69, 9.17) is 4.74 Å². The summed E-state index contributed by atoms with van der Waals surface area (Å²) < 4.78 is 6.09. The van der Waals surface area contributed by atoms with Crippen molar-refractivity contribution in [1.82, 2.24) is 0 Å². The van der Waals surface area contributed by atoms with Gasteiger partial charge in [0.2, 0.25) is 0 Å². The molecule has 1 unspecified atom stereocenters. The number of rotatable bonds is 0. The van der Waals surface area contributed by atoms with Crippen molar-refractivity contribution in [2.75, 3.05) is 6.61 Å². The maximum atomic E-state index is 6.09. The number of allylic oxidation sites excluding steroid dienone is 6. The second-order valence-corrected chi connectivity index (χ2v) is 5.98. The smallest absolute Gasteiger partial charge is 0.122 e. The molecule has 0 radical (unpaired) electrons. The van der Waals surface area contributed by atoms with Crippen LogP contribution in [0.15, 0.2) is 65.5 Å². The van der Waals surface area contributed by atoms with Crippen LogP contribution in [0.4, 0.5) is 0 Å². The van der Waals surface area contributed by atoms with Crippen LogP contribution in [0.25, 0.3) is 6.08 Å². The molecule has 2 bridgehead atoms. The maximum absolute atomic E-state index is 6.09. The zero-order chi connectivity index (χ0) is 14.1. The quantitative estimate of drug-likeness (QED) is 0.637. The third-order valence-electron chi connectivity index (χ3n) is 4.70. The first-order valence-electron chi connectivity index (χ1n) is 7.92. The summed E-state index contributed by atoms with van der Waals surface area (Å²) in [4.78, 5) is 0. The van der Waals surface area contributed by atoms with Crippen molar-refractivity contribution in [3.8, 4) is 0 Å². The highest BCUT2D eigenvalue weighted by molar-refractivity contribution is 5.62. The Bertz CT molecular complexity index is 673. The Morgan fingerprint density at radius 1 is 1.05 bits per heavy atom. The van der Waals surface area contributed by atoms with Crippen molar-refractivity contribution in [2.24, 2.45) is 0 Å². The zero-order valence-corrected chi connectivity index (χ0v) is 12.2. The average molecular weight is 276 g/mol. The van der Waals surface area contributed by atoms with Gasteiger partial charge in [0.05, 0.1) is 6.61 Å². The van der Waals surface area contributed by atoms with Crippen LogP contribution in [0.5, 0.6) is 0 Å². The molecule has 1 aromatic carbocycles. The Kier molecular flexibility index (Phi) is 3.27. The van der Waals surface area contributed by atoms with Gasteiger partial charge in [-0.1, -0.05) is 48.6 Å². The normalized spacial score (nSPS) is 23.8. The lowest BCUT2D eigenvalue weighted by Crippen LogP contribution is -2.05. The first-order valence-corrected chi connectivity index (χ1v) is 7.92. The average Bonchev–Trinajstić information content (AvgIpc) is 2.58. The molecule has 0 saturated carbocycles. The van der Waals surface area contributed by atoms with Crippen LogP contribution in [-0.4, -0.2) is 6.61 Å². The molecule has 3 aliphatic rings. The van der Waals surface area contributed by atoms with Crippen molar-refractivity contribution in [2.45, 2.75) is 31.6 Å². The summed E-state index contributed by atoms with van der Waals surface area (Å²) in [5.74, 6) is 1.65. The van der Waals surface area contributed by atoms with Gasteiger partial charge in [0, 0.05) is 5.57 Å². The van der Waals surface area contributed by atoms with E-state index in [-0.39, 0.29) is 0 Å². The second kappa shape index (κ2) is 5.40. The lowest BCUT2D eigenvalue weighted by atomic mass is 9.85. The Hall–Kier alpha value is -2.02. The molecular formula is C20H20O. The summed E-state index contributed by atoms with van der Waals surface area (Å²) >= 11 is 0. The molecule has 1 aliphatic heterocycles. The van der Waals surface area contributed by atoms with E-state index in [1.807, 2.05) is 0 Å². The molecule has 1 heteroatoms. The number of hydrogen-bond acceptors (Lipinski definition) is 1. The van der Waals surface area contributed by atoms with E-state index < -0.39 is 0 Å². The topological polar surface area (TPSA) is 9.23 Å². The molecule has 0 saturated heterocycles. The van der Waals surface area contributed by atoms with Gasteiger partial charge in [-0.25, -0.2) is 0 Å². The summed E-state index contributed by atoms with van der Waals surface area (Å²) in [6.07, 6.45) is 15.8. The molecule has 0 aromatic heterocycles. The van der Waals surface area contributed by atoms with E-state index in [9.17, 15) is 0 Å². The molecule has 0 fully saturated rings. The number of fused-ring (bicyclic) bond motifs is 5. The van der Waals surface area contributed by atoms with Crippen molar-refractivity contribution in [3.63, 3.8) is 0 Å². The summed E-state index contributed by atoms with van der Waals surface area (Å²) in [5.41, 5.74) is 5.57. The van der Waals surface area contributed by atoms with Crippen molar-refractivity contribution >= 4 is 6.08 Å². The highest BCUT2D eigenvalue weighted by Gasteiger charge is 2.20. The summed E-state index contributed by atoms with van der Waals surface area (Å²) in [6, 6.07) is 8.79. The van der Waals surface area contributed by atoms with E-state index >= 15 is 0 Å². The van der Waals surface area contributed by atoms with Gasteiger partial charge >= 0.3 is 0 Å². The van der Waals surface area contributed by atoms with Crippen molar-refractivity contribution in [1.29, 1.82) is 0 Å². The first-order chi connectivity index (χ1) is 10.4. The van der Waals surface area contributed by atoms with Gasteiger partial charge < -0.3 is 4.74 Å². The Morgan fingerprint density at radius 3 is 3.00 bits per heavy atom. The molecule has 2 aliphatic carbocycles. The molecule has 106 valence electrons. The fraction of sp³-hybridized carbons (Fsp3) is 0.300. The molecule has 1 aromatic rings. The van der Waals surface area contributed by atoms with Gasteiger partial charge in [0.25, 0.3) is 0 Å². The summed E-state index contributed by atoms with van der Waals surface area (Å²) in [5, 5.41) is 0. The van der Waals surface area contributed by atoms with E-state index in [1.165, 1.54) is 22.3 Å². The minimum Gasteiger partial charge on any atom is -0.493 e. The van der Waals surface area contributed by atoms with E-state index in [0.717, 1.165) is 38.0 Å². The van der Waals surface area contributed by atoms with Gasteiger partial charge in [-0.3, -0.25) is 0 Å². The third-order valence-corrected chi connectivity index (χ3v) is 4.70. The van der Waals surface area contributed by atoms with Gasteiger partial charge in [-0.05, 0) is 54.4 Å². The lowest BCUT2D eigenvalue weighted by Gasteiger charge is -2.19. The van der Waals surface area contributed by atoms with Gasteiger partial charge in [-0.15, -0.1) is 0 Å². The number of ether oxygens (including phenoxy) is 1. The number of benzene rings is 1. The monoisotopic (exact) mass is 276 g/mol. The molecule has 1 nitrogen and oxygen atoms in total. The fourth-order valence-corrected chi connectivity index (χ4v) is 3.55. The Labute approximate surface area is 126 Å². The standard InChI is InChI=1S/C20H20O/c1-2-6-18-15(5-1)9-10-16-11-12-17(18)13-14-21-20-8-4-3-7-19(16)20/h1-2,4-6,8-11,17H,3,7,12-14H2. The predicted molar refractivity (Wildman–Crippen MR) is 86.9 cm³/mol. The zero-order valence-electron chi connectivity index (χ0n) is 12.2. The lowest BCUT2D eigenvalue weighted by molar-refractivity contribution is 0.209. The largest absolute Gasteiger partial charge is 0.493 e. The van der Waals surface area contributed by atoms with E-state index in [0.29, 0.717) is 5.92 Å². The van der Waals surface area contributed by atoms with Crippen molar-refractivity contribution in [3.05, 3.63) is 76.6 Å². The highest BCUT2D eigenvalue weighted by Crippen LogP contribution is 2.36. The summed E-state index contributed by atoms with van der Waals surface area (Å²) in [6.45, 7) is 0.809. The van der Waals surface area contributed by atoms with Crippen LogP contribution < -0.4 is 0 Å². The molecule has 0 N–H and O–H groups in total. The molecule has 4 rings (SSSR count). The number of hydrogen-bond donors (Lipinski definition) is 0. The van der Waals surface area contributed by atoms with Crippen molar-refractivity contribution < 1.29 is 4.74 Å². The molecular weight excluding hydrogens is 256 g/mol. The highest BCUT2D eigenvalue weighted by atomic mass is 16.5. The molecule has 0 spiro atoms. The SMILES string of the molecule is C1=CC2=C(CC1)C1=CCC(CCO2)c2ccccc2C=C1. The minimum absolute atomic E-state index is 0.562. The Balaban J connectivity index is 1.84. The van der Waals surface area contributed by atoms with Gasteiger partial charge in [-0.2, -0.15) is 0 Å².